The summed E-state index contributed by atoms with van der Waals surface area (Å²) in [7, 11) is 0. The molecule has 1 aromatic heterocycles. The number of hydrogen-bond acceptors (Lipinski definition) is 4. The molecule has 0 bridgehead atoms. The van der Waals surface area contributed by atoms with Gasteiger partial charge in [-0.05, 0) is 25.0 Å². The van der Waals surface area contributed by atoms with E-state index in [1.165, 1.54) is 5.56 Å². The molecule has 0 radical (unpaired) electrons. The first-order chi connectivity index (χ1) is 8.22. The van der Waals surface area contributed by atoms with E-state index in [9.17, 15) is 0 Å². The van der Waals surface area contributed by atoms with E-state index >= 15 is 0 Å². The van der Waals surface area contributed by atoms with Crippen LogP contribution in [0.15, 0.2) is 36.7 Å². The minimum atomic E-state index is -0.121. The number of aryl methyl sites for hydroxylation is 2. The zero-order valence-corrected chi connectivity index (χ0v) is 10.0. The van der Waals surface area contributed by atoms with E-state index in [-0.39, 0.29) is 6.04 Å². The Morgan fingerprint density at radius 2 is 1.88 bits per heavy atom. The summed E-state index contributed by atoms with van der Waals surface area (Å²) in [4.78, 5) is 8.61. The maximum Gasteiger partial charge on any atom is 0.0899 e. The molecular formula is C13H16N4. The van der Waals surface area contributed by atoms with Gasteiger partial charge in [0, 0.05) is 6.20 Å². The summed E-state index contributed by atoms with van der Waals surface area (Å²) in [6.07, 6.45) is 3.50. The van der Waals surface area contributed by atoms with Crippen LogP contribution in [0.25, 0.3) is 0 Å². The molecule has 17 heavy (non-hydrogen) atoms. The van der Waals surface area contributed by atoms with E-state index in [1.807, 2.05) is 25.1 Å². The number of nitrogens with zero attached hydrogens (tertiary/aromatic N) is 2. The van der Waals surface area contributed by atoms with Crippen LogP contribution in [-0.2, 0) is 0 Å². The first-order valence-electron chi connectivity index (χ1n) is 5.52. The van der Waals surface area contributed by atoms with E-state index < -0.39 is 0 Å². The maximum atomic E-state index is 5.63. The van der Waals surface area contributed by atoms with Gasteiger partial charge < -0.3 is 0 Å². The molecule has 4 nitrogen and oxygen atoms in total. The molecule has 0 saturated carbocycles. The molecule has 0 amide bonds. The normalized spacial score (nSPS) is 12.4. The third kappa shape index (κ3) is 2.49. The number of benzene rings is 1. The number of nitrogens with two attached hydrogens (primary N) is 1. The van der Waals surface area contributed by atoms with Crippen molar-refractivity contribution in [1.29, 1.82) is 0 Å². The van der Waals surface area contributed by atoms with Gasteiger partial charge in [0.25, 0.3) is 0 Å². The van der Waals surface area contributed by atoms with Crippen molar-refractivity contribution in [3.8, 4) is 0 Å². The Bertz CT molecular complexity index is 493. The highest BCUT2D eigenvalue weighted by molar-refractivity contribution is 5.33. The molecule has 1 aromatic carbocycles. The lowest BCUT2D eigenvalue weighted by atomic mass is 9.99. The fourth-order valence-electron chi connectivity index (χ4n) is 1.80. The predicted octanol–water partition coefficient (Wildman–Crippen LogP) is 1.65. The predicted molar refractivity (Wildman–Crippen MR) is 67.1 cm³/mol. The molecule has 3 N–H and O–H groups in total. The van der Waals surface area contributed by atoms with Gasteiger partial charge in [-0.2, -0.15) is 0 Å². The average molecular weight is 228 g/mol. The highest BCUT2D eigenvalue weighted by Crippen LogP contribution is 2.21. The molecule has 0 fully saturated rings. The van der Waals surface area contributed by atoms with E-state index in [4.69, 9.17) is 5.84 Å². The summed E-state index contributed by atoms with van der Waals surface area (Å²) < 4.78 is 0. The Hall–Kier alpha value is -1.78. The van der Waals surface area contributed by atoms with Crippen LogP contribution < -0.4 is 11.3 Å². The molecule has 0 aliphatic carbocycles. The summed E-state index contributed by atoms with van der Waals surface area (Å²) in [5.74, 6) is 5.63. The van der Waals surface area contributed by atoms with Crippen molar-refractivity contribution < 1.29 is 0 Å². The Morgan fingerprint density at radius 3 is 2.47 bits per heavy atom. The van der Waals surface area contributed by atoms with Crippen LogP contribution in [-0.4, -0.2) is 9.97 Å². The Labute approximate surface area is 101 Å². The molecule has 4 heteroatoms. The minimum absolute atomic E-state index is 0.121. The second-order valence-electron chi connectivity index (χ2n) is 4.04. The molecule has 0 spiro atoms. The van der Waals surface area contributed by atoms with E-state index in [0.29, 0.717) is 0 Å². The van der Waals surface area contributed by atoms with Gasteiger partial charge in [0.15, 0.2) is 0 Å². The summed E-state index contributed by atoms with van der Waals surface area (Å²) in [6, 6.07) is 7.98. The summed E-state index contributed by atoms with van der Waals surface area (Å²) in [5.41, 5.74) is 6.81. The second kappa shape index (κ2) is 5.03. The van der Waals surface area contributed by atoms with Crippen LogP contribution in [0.2, 0.25) is 0 Å². The highest BCUT2D eigenvalue weighted by atomic mass is 15.2. The van der Waals surface area contributed by atoms with Crippen LogP contribution in [0.4, 0.5) is 0 Å². The number of aromatic nitrogens is 2. The Balaban J connectivity index is 2.40. The van der Waals surface area contributed by atoms with E-state index in [0.717, 1.165) is 17.0 Å². The quantitative estimate of drug-likeness (QED) is 0.619. The highest BCUT2D eigenvalue weighted by Gasteiger charge is 2.15. The smallest absolute Gasteiger partial charge is 0.0899 e. The SMILES string of the molecule is Cc1cnc(C(NN)c2ccccc2C)cn1. The minimum Gasteiger partial charge on any atom is -0.271 e. The molecule has 0 saturated heterocycles. The van der Waals surface area contributed by atoms with Crippen molar-refractivity contribution in [2.45, 2.75) is 19.9 Å². The van der Waals surface area contributed by atoms with Crippen LogP contribution in [0.1, 0.15) is 28.6 Å². The van der Waals surface area contributed by atoms with Gasteiger partial charge in [0.1, 0.15) is 0 Å². The van der Waals surface area contributed by atoms with Gasteiger partial charge in [-0.1, -0.05) is 24.3 Å². The van der Waals surface area contributed by atoms with Crippen molar-refractivity contribution in [2.24, 2.45) is 5.84 Å². The molecule has 1 atom stereocenters. The van der Waals surface area contributed by atoms with Gasteiger partial charge in [0.2, 0.25) is 0 Å². The molecule has 2 aromatic rings. The Morgan fingerprint density at radius 1 is 1.12 bits per heavy atom. The third-order valence-corrected chi connectivity index (χ3v) is 2.76. The summed E-state index contributed by atoms with van der Waals surface area (Å²) >= 11 is 0. The van der Waals surface area contributed by atoms with Crippen molar-refractivity contribution in [2.75, 3.05) is 0 Å². The average Bonchev–Trinajstić information content (AvgIpc) is 2.35. The van der Waals surface area contributed by atoms with Crippen LogP contribution in [0.5, 0.6) is 0 Å². The van der Waals surface area contributed by atoms with Crippen molar-refractivity contribution in [3.63, 3.8) is 0 Å². The molecular weight excluding hydrogens is 212 g/mol. The number of nitrogens with one attached hydrogen (secondary N) is 1. The standard InChI is InChI=1S/C13H16N4/c1-9-5-3-4-6-11(9)13(17-14)12-8-15-10(2)7-16-12/h3-8,13,17H,14H2,1-2H3. The molecule has 0 aliphatic heterocycles. The fraction of sp³-hybridized carbons (Fsp3) is 0.231. The first kappa shape index (κ1) is 11.7. The third-order valence-electron chi connectivity index (χ3n) is 2.76. The largest absolute Gasteiger partial charge is 0.271 e. The van der Waals surface area contributed by atoms with Crippen molar-refractivity contribution in [1.82, 2.24) is 15.4 Å². The zero-order chi connectivity index (χ0) is 12.3. The number of hydrazine groups is 1. The Kier molecular flexibility index (Phi) is 3.46. The maximum absolute atomic E-state index is 5.63. The van der Waals surface area contributed by atoms with Gasteiger partial charge >= 0.3 is 0 Å². The van der Waals surface area contributed by atoms with Crippen LogP contribution in [0.3, 0.4) is 0 Å². The fourth-order valence-corrected chi connectivity index (χ4v) is 1.80. The molecule has 1 unspecified atom stereocenters. The lowest BCUT2D eigenvalue weighted by Gasteiger charge is -2.17. The number of rotatable bonds is 3. The number of hydrogen-bond donors (Lipinski definition) is 2. The van der Waals surface area contributed by atoms with Gasteiger partial charge in [-0.15, -0.1) is 0 Å². The molecule has 1 heterocycles. The molecule has 0 aliphatic rings. The van der Waals surface area contributed by atoms with Gasteiger partial charge in [-0.25, -0.2) is 5.43 Å². The van der Waals surface area contributed by atoms with Gasteiger partial charge in [-0.3, -0.25) is 15.8 Å². The second-order valence-corrected chi connectivity index (χ2v) is 4.04. The molecule has 2 rings (SSSR count). The van der Waals surface area contributed by atoms with Crippen molar-refractivity contribution >= 4 is 0 Å². The summed E-state index contributed by atoms with van der Waals surface area (Å²) in [6.45, 7) is 3.97. The lowest BCUT2D eigenvalue weighted by molar-refractivity contribution is 0.614. The zero-order valence-electron chi connectivity index (χ0n) is 10.0. The monoisotopic (exact) mass is 228 g/mol. The van der Waals surface area contributed by atoms with E-state index in [2.05, 4.69) is 28.4 Å². The lowest BCUT2D eigenvalue weighted by Crippen LogP contribution is -2.30. The van der Waals surface area contributed by atoms with Crippen LogP contribution >= 0.6 is 0 Å². The topological polar surface area (TPSA) is 63.8 Å². The molecule has 88 valence electrons. The van der Waals surface area contributed by atoms with Crippen molar-refractivity contribution in [3.05, 3.63) is 59.2 Å². The van der Waals surface area contributed by atoms with Gasteiger partial charge in [0.05, 0.1) is 23.6 Å². The van der Waals surface area contributed by atoms with Crippen LogP contribution in [0, 0.1) is 13.8 Å². The van der Waals surface area contributed by atoms with E-state index in [1.54, 1.807) is 12.4 Å². The first-order valence-corrected chi connectivity index (χ1v) is 5.52. The summed E-state index contributed by atoms with van der Waals surface area (Å²) in [5, 5.41) is 0.